The lowest BCUT2D eigenvalue weighted by Crippen LogP contribution is -2.10. The van der Waals surface area contributed by atoms with E-state index in [1.165, 1.54) is 0 Å². The largest absolute Gasteiger partial charge is 0.397 e. The molecule has 0 fully saturated rings. The zero-order valence-corrected chi connectivity index (χ0v) is 12.3. The normalized spacial score (nSPS) is 9.55. The van der Waals surface area contributed by atoms with Crippen molar-refractivity contribution in [2.75, 3.05) is 26.3 Å². The lowest BCUT2D eigenvalue weighted by Gasteiger charge is -2.05. The highest BCUT2D eigenvalue weighted by molar-refractivity contribution is 5.51. The first kappa shape index (κ1) is 23.8. The molecule has 0 spiro atoms. The molecule has 1 unspecified atom stereocenters. The molecule has 7 N–H and O–H groups in total. The Labute approximate surface area is 121 Å². The summed E-state index contributed by atoms with van der Waals surface area (Å²) in [4.78, 5) is 9.05. The molecule has 1 atom stereocenters. The number of aldehydes is 1. The van der Waals surface area contributed by atoms with E-state index in [0.29, 0.717) is 6.29 Å². The molecule has 0 bridgehead atoms. The summed E-state index contributed by atoms with van der Waals surface area (Å²) in [6.07, 6.45) is 0.140. The van der Waals surface area contributed by atoms with E-state index in [4.69, 9.17) is 20.7 Å². The number of nitrogens with two attached hydrogens (primary N) is 2. The monoisotopic (exact) mass is 288 g/mol. The van der Waals surface area contributed by atoms with Crippen LogP contribution in [-0.4, -0.2) is 47.9 Å². The van der Waals surface area contributed by atoms with Crippen LogP contribution in [0.2, 0.25) is 0 Å². The SMILES string of the molecule is CCO.CCO.NCC(O)c1ccccc1.NCC=O. The molecule has 0 amide bonds. The second kappa shape index (κ2) is 22.8. The van der Waals surface area contributed by atoms with E-state index in [0.717, 1.165) is 5.56 Å². The molecule has 0 aliphatic carbocycles. The highest BCUT2D eigenvalue weighted by Gasteiger charge is 2.01. The molecule has 1 aromatic rings. The molecule has 1 rings (SSSR count). The van der Waals surface area contributed by atoms with Gasteiger partial charge in [-0.05, 0) is 19.4 Å². The van der Waals surface area contributed by atoms with E-state index in [-0.39, 0.29) is 26.3 Å². The van der Waals surface area contributed by atoms with Gasteiger partial charge in [-0.25, -0.2) is 0 Å². The van der Waals surface area contributed by atoms with Gasteiger partial charge in [0.1, 0.15) is 6.29 Å². The Morgan fingerprint density at radius 3 is 1.70 bits per heavy atom. The van der Waals surface area contributed by atoms with Crippen molar-refractivity contribution < 1.29 is 20.1 Å². The van der Waals surface area contributed by atoms with Gasteiger partial charge < -0.3 is 31.6 Å². The highest BCUT2D eigenvalue weighted by Crippen LogP contribution is 2.08. The summed E-state index contributed by atoms with van der Waals surface area (Å²) in [5.74, 6) is 0. The first-order valence-electron chi connectivity index (χ1n) is 6.37. The second-order valence-electron chi connectivity index (χ2n) is 3.20. The zero-order valence-electron chi connectivity index (χ0n) is 12.3. The molecule has 0 saturated heterocycles. The Morgan fingerprint density at radius 2 is 1.45 bits per heavy atom. The van der Waals surface area contributed by atoms with Crippen LogP contribution in [0.15, 0.2) is 30.3 Å². The lowest BCUT2D eigenvalue weighted by molar-refractivity contribution is -0.106. The molecule has 0 aliphatic rings. The Kier molecular flexibility index (Phi) is 27.1. The Bertz CT molecular complexity index is 269. The number of hydrogen-bond donors (Lipinski definition) is 5. The predicted molar refractivity (Wildman–Crippen MR) is 81.1 cm³/mol. The highest BCUT2D eigenvalue weighted by atomic mass is 16.3. The number of hydrogen-bond acceptors (Lipinski definition) is 6. The summed E-state index contributed by atoms with van der Waals surface area (Å²) in [5.41, 5.74) is 10.8. The van der Waals surface area contributed by atoms with Crippen LogP contribution in [0.5, 0.6) is 0 Å². The third-order valence-corrected chi connectivity index (χ3v) is 1.50. The molecular formula is C14H28N2O4. The topological polar surface area (TPSA) is 130 Å². The number of carbonyl (C=O) groups excluding carboxylic acids is 1. The number of benzene rings is 1. The van der Waals surface area contributed by atoms with E-state index in [2.05, 4.69) is 5.73 Å². The van der Waals surface area contributed by atoms with E-state index >= 15 is 0 Å². The van der Waals surface area contributed by atoms with Crippen molar-refractivity contribution in [3.05, 3.63) is 35.9 Å². The first-order chi connectivity index (χ1) is 9.59. The van der Waals surface area contributed by atoms with Gasteiger partial charge in [-0.3, -0.25) is 0 Å². The third kappa shape index (κ3) is 21.9. The van der Waals surface area contributed by atoms with Crippen molar-refractivity contribution in [3.63, 3.8) is 0 Å². The number of carbonyl (C=O) groups is 1. The summed E-state index contributed by atoms with van der Waals surface area (Å²) < 4.78 is 0. The number of aliphatic hydroxyl groups is 3. The van der Waals surface area contributed by atoms with Gasteiger partial charge in [0.15, 0.2) is 0 Å². The Hall–Kier alpha value is -1.31. The van der Waals surface area contributed by atoms with Crippen LogP contribution in [0.25, 0.3) is 0 Å². The maximum absolute atomic E-state index is 9.20. The van der Waals surface area contributed by atoms with Crippen molar-refractivity contribution in [2.45, 2.75) is 20.0 Å². The van der Waals surface area contributed by atoms with Crippen molar-refractivity contribution in [3.8, 4) is 0 Å². The molecule has 0 aromatic heterocycles. The maximum atomic E-state index is 9.20. The predicted octanol–water partition coefficient (Wildman–Crippen LogP) is -0.180. The average Bonchev–Trinajstić information content (AvgIpc) is 2.49. The van der Waals surface area contributed by atoms with Crippen LogP contribution >= 0.6 is 0 Å². The molecule has 0 aliphatic heterocycles. The van der Waals surface area contributed by atoms with E-state index in [9.17, 15) is 5.11 Å². The molecule has 118 valence electrons. The molecule has 6 nitrogen and oxygen atoms in total. The van der Waals surface area contributed by atoms with Crippen LogP contribution < -0.4 is 11.5 Å². The molecule has 6 heteroatoms. The fourth-order valence-corrected chi connectivity index (χ4v) is 0.811. The van der Waals surface area contributed by atoms with Gasteiger partial charge >= 0.3 is 0 Å². The van der Waals surface area contributed by atoms with E-state index in [1.54, 1.807) is 13.8 Å². The standard InChI is InChI=1S/C8H11NO.C2H5NO.2C2H6O/c9-6-8(10)7-4-2-1-3-5-7;3-1-2-4;2*1-2-3/h1-5,8,10H,6,9H2;2H,1,3H2;2*3H,2H2,1H3. The van der Waals surface area contributed by atoms with Crippen molar-refractivity contribution in [1.29, 1.82) is 0 Å². The van der Waals surface area contributed by atoms with Gasteiger partial charge in [0.05, 0.1) is 6.10 Å². The Balaban J connectivity index is -0.000000242. The lowest BCUT2D eigenvalue weighted by atomic mass is 10.1. The van der Waals surface area contributed by atoms with E-state index in [1.807, 2.05) is 30.3 Å². The van der Waals surface area contributed by atoms with Gasteiger partial charge in [0.2, 0.25) is 0 Å². The smallest absolute Gasteiger partial charge is 0.133 e. The van der Waals surface area contributed by atoms with Gasteiger partial charge in [-0.2, -0.15) is 0 Å². The quantitative estimate of drug-likeness (QED) is 0.491. The molecule has 1 aromatic carbocycles. The molecule has 0 heterocycles. The molecule has 20 heavy (non-hydrogen) atoms. The van der Waals surface area contributed by atoms with Crippen LogP contribution in [-0.2, 0) is 4.79 Å². The average molecular weight is 288 g/mol. The number of aliphatic hydroxyl groups excluding tert-OH is 3. The molecule has 0 radical (unpaired) electrons. The first-order valence-corrected chi connectivity index (χ1v) is 6.37. The van der Waals surface area contributed by atoms with Crippen molar-refractivity contribution >= 4 is 6.29 Å². The summed E-state index contributed by atoms with van der Waals surface area (Å²) >= 11 is 0. The van der Waals surface area contributed by atoms with Crippen LogP contribution in [0.4, 0.5) is 0 Å². The molecular weight excluding hydrogens is 260 g/mol. The Morgan fingerprint density at radius 1 is 1.10 bits per heavy atom. The minimum absolute atomic E-state index is 0.139. The fourth-order valence-electron chi connectivity index (χ4n) is 0.811. The summed E-state index contributed by atoms with van der Waals surface area (Å²) in [5, 5.41) is 24.3. The summed E-state index contributed by atoms with van der Waals surface area (Å²) in [6, 6.07) is 9.39. The second-order valence-corrected chi connectivity index (χ2v) is 3.20. The van der Waals surface area contributed by atoms with Crippen molar-refractivity contribution in [2.24, 2.45) is 11.5 Å². The van der Waals surface area contributed by atoms with Crippen LogP contribution in [0.3, 0.4) is 0 Å². The van der Waals surface area contributed by atoms with Crippen LogP contribution in [0, 0.1) is 0 Å². The minimum atomic E-state index is -0.513. The summed E-state index contributed by atoms with van der Waals surface area (Å²) in [6.45, 7) is 4.28. The summed E-state index contributed by atoms with van der Waals surface area (Å²) in [7, 11) is 0. The van der Waals surface area contributed by atoms with Crippen molar-refractivity contribution in [1.82, 2.24) is 0 Å². The third-order valence-electron chi connectivity index (χ3n) is 1.50. The zero-order chi connectivity index (χ0) is 16.2. The van der Waals surface area contributed by atoms with Gasteiger partial charge in [-0.1, -0.05) is 30.3 Å². The van der Waals surface area contributed by atoms with Gasteiger partial charge in [0.25, 0.3) is 0 Å². The minimum Gasteiger partial charge on any atom is -0.397 e. The van der Waals surface area contributed by atoms with E-state index < -0.39 is 6.10 Å². The van der Waals surface area contributed by atoms with Gasteiger partial charge in [-0.15, -0.1) is 0 Å². The number of rotatable bonds is 3. The van der Waals surface area contributed by atoms with Gasteiger partial charge in [0, 0.05) is 26.3 Å². The maximum Gasteiger partial charge on any atom is 0.133 e. The molecule has 0 saturated carbocycles. The fraction of sp³-hybridized carbons (Fsp3) is 0.500. The van der Waals surface area contributed by atoms with Crippen LogP contribution in [0.1, 0.15) is 25.5 Å².